The summed E-state index contributed by atoms with van der Waals surface area (Å²) in [5, 5.41) is 9.00. The fourth-order valence-electron chi connectivity index (χ4n) is 2.61. The average molecular weight is 370 g/mol. The van der Waals surface area contributed by atoms with Gasteiger partial charge in [-0.2, -0.15) is 10.2 Å². The summed E-state index contributed by atoms with van der Waals surface area (Å²) in [4.78, 5) is 32.6. The molecule has 140 valence electrons. The first-order chi connectivity index (χ1) is 13.0. The van der Waals surface area contributed by atoms with Crippen LogP contribution in [0.4, 0.5) is 0 Å². The first-order valence-corrected chi connectivity index (χ1v) is 8.19. The Hall–Kier alpha value is -3.61. The van der Waals surface area contributed by atoms with Crippen molar-refractivity contribution in [2.24, 2.45) is 21.1 Å². The number of aryl methyl sites for hydroxylation is 2. The fraction of sp³-hybridized carbons (Fsp3) is 0.353. The van der Waals surface area contributed by atoms with Gasteiger partial charge in [-0.05, 0) is 12.1 Å². The average Bonchev–Trinajstić information content (AvgIpc) is 3.01. The Morgan fingerprint density at radius 1 is 1.11 bits per heavy atom. The highest BCUT2D eigenvalue weighted by atomic mass is 16.5. The number of fused-ring (bicyclic) bond motifs is 1. The van der Waals surface area contributed by atoms with Gasteiger partial charge in [0.25, 0.3) is 11.6 Å². The number of nitrogens with zero attached hydrogens (tertiary/aromatic N) is 6. The van der Waals surface area contributed by atoms with Gasteiger partial charge >= 0.3 is 5.69 Å². The molecule has 0 aromatic carbocycles. The molecule has 3 rings (SSSR count). The van der Waals surface area contributed by atoms with Gasteiger partial charge < -0.3 is 9.47 Å². The van der Waals surface area contributed by atoms with Crippen LogP contribution >= 0.6 is 0 Å². The predicted octanol–water partition coefficient (Wildman–Crippen LogP) is 0.0853. The second-order valence-corrected chi connectivity index (χ2v) is 5.85. The van der Waals surface area contributed by atoms with Gasteiger partial charge in [0.05, 0.1) is 13.2 Å². The SMILES string of the molecule is Cn1c(=O)c2c(nc(OCCCOc3ncccc3C#N)n2C)n(C)c1=O. The molecule has 3 aromatic heterocycles. The third-order valence-electron chi connectivity index (χ3n) is 4.08. The molecular weight excluding hydrogens is 352 g/mol. The van der Waals surface area contributed by atoms with E-state index in [1.807, 2.05) is 6.07 Å². The number of nitriles is 1. The standard InChI is InChI=1S/C17H18N6O4/c1-21-12-13(22(2)17(25)23(3)15(12)24)20-16(21)27-9-5-8-26-14-11(10-18)6-4-7-19-14/h4,6-7H,5,8-9H2,1-3H3. The van der Waals surface area contributed by atoms with Crippen LogP contribution in [0.25, 0.3) is 11.2 Å². The van der Waals surface area contributed by atoms with Crippen LogP contribution < -0.4 is 20.7 Å². The van der Waals surface area contributed by atoms with Crippen molar-refractivity contribution in [2.45, 2.75) is 6.42 Å². The van der Waals surface area contributed by atoms with Crippen LogP contribution in [0.2, 0.25) is 0 Å². The van der Waals surface area contributed by atoms with Crippen molar-refractivity contribution in [1.82, 2.24) is 23.7 Å². The van der Waals surface area contributed by atoms with Gasteiger partial charge in [-0.25, -0.2) is 9.78 Å². The fourth-order valence-corrected chi connectivity index (χ4v) is 2.61. The van der Waals surface area contributed by atoms with E-state index in [0.717, 1.165) is 4.57 Å². The van der Waals surface area contributed by atoms with Crippen LogP contribution in [-0.4, -0.2) is 36.9 Å². The van der Waals surface area contributed by atoms with Crippen molar-refractivity contribution < 1.29 is 9.47 Å². The molecule has 10 heteroatoms. The van der Waals surface area contributed by atoms with E-state index in [9.17, 15) is 9.59 Å². The molecule has 0 amide bonds. The van der Waals surface area contributed by atoms with E-state index >= 15 is 0 Å². The Morgan fingerprint density at radius 3 is 2.59 bits per heavy atom. The molecule has 0 aliphatic heterocycles. The maximum Gasteiger partial charge on any atom is 0.332 e. The van der Waals surface area contributed by atoms with E-state index < -0.39 is 11.2 Å². The Balaban J connectivity index is 1.68. The largest absolute Gasteiger partial charge is 0.477 e. The van der Waals surface area contributed by atoms with Crippen LogP contribution in [0.1, 0.15) is 12.0 Å². The number of hydrogen-bond donors (Lipinski definition) is 0. The van der Waals surface area contributed by atoms with Crippen LogP contribution in [0.5, 0.6) is 11.9 Å². The quantitative estimate of drug-likeness (QED) is 0.564. The van der Waals surface area contributed by atoms with Gasteiger partial charge in [0.15, 0.2) is 11.2 Å². The van der Waals surface area contributed by atoms with Gasteiger partial charge in [-0.15, -0.1) is 0 Å². The molecule has 0 N–H and O–H groups in total. The summed E-state index contributed by atoms with van der Waals surface area (Å²) >= 11 is 0. The highest BCUT2D eigenvalue weighted by Gasteiger charge is 2.17. The lowest BCUT2D eigenvalue weighted by atomic mass is 10.3. The number of pyridine rings is 1. The van der Waals surface area contributed by atoms with Crippen molar-refractivity contribution >= 4 is 11.2 Å². The lowest BCUT2D eigenvalue weighted by Crippen LogP contribution is -2.37. The predicted molar refractivity (Wildman–Crippen MR) is 95.8 cm³/mol. The molecule has 0 aliphatic rings. The monoisotopic (exact) mass is 370 g/mol. The molecule has 10 nitrogen and oxygen atoms in total. The summed E-state index contributed by atoms with van der Waals surface area (Å²) in [6.45, 7) is 0.579. The molecule has 0 unspecified atom stereocenters. The van der Waals surface area contributed by atoms with Gasteiger partial charge in [0, 0.05) is 33.8 Å². The van der Waals surface area contributed by atoms with Crippen molar-refractivity contribution in [3.05, 3.63) is 44.7 Å². The Bertz CT molecular complexity index is 1150. The normalized spacial score (nSPS) is 10.7. The first-order valence-electron chi connectivity index (χ1n) is 8.19. The summed E-state index contributed by atoms with van der Waals surface area (Å²) in [5.41, 5.74) is 0.0437. The van der Waals surface area contributed by atoms with E-state index in [4.69, 9.17) is 14.7 Å². The highest BCUT2D eigenvalue weighted by molar-refractivity contribution is 5.71. The number of hydrogen-bond acceptors (Lipinski definition) is 7. The third-order valence-corrected chi connectivity index (χ3v) is 4.08. The molecule has 27 heavy (non-hydrogen) atoms. The van der Waals surface area contributed by atoms with Crippen molar-refractivity contribution in [1.29, 1.82) is 5.26 Å². The zero-order chi connectivity index (χ0) is 19.6. The summed E-state index contributed by atoms with van der Waals surface area (Å²) in [7, 11) is 4.62. The lowest BCUT2D eigenvalue weighted by Gasteiger charge is -2.07. The van der Waals surface area contributed by atoms with Gasteiger partial charge in [0.1, 0.15) is 11.6 Å². The molecule has 0 atom stereocenters. The van der Waals surface area contributed by atoms with Gasteiger partial charge in [-0.1, -0.05) is 0 Å². The van der Waals surface area contributed by atoms with Gasteiger partial charge in [-0.3, -0.25) is 18.5 Å². The van der Waals surface area contributed by atoms with Crippen LogP contribution in [0.15, 0.2) is 27.9 Å². The molecule has 0 fully saturated rings. The van der Waals surface area contributed by atoms with E-state index in [0.29, 0.717) is 18.6 Å². The van der Waals surface area contributed by atoms with E-state index in [2.05, 4.69) is 9.97 Å². The smallest absolute Gasteiger partial charge is 0.332 e. The van der Waals surface area contributed by atoms with E-state index in [1.165, 1.54) is 16.2 Å². The number of aromatic nitrogens is 5. The van der Waals surface area contributed by atoms with Crippen LogP contribution in [-0.2, 0) is 21.1 Å². The Kier molecular flexibility index (Phi) is 4.94. The summed E-state index contributed by atoms with van der Waals surface area (Å²) in [6, 6.07) is 5.54. The highest BCUT2D eigenvalue weighted by Crippen LogP contribution is 2.16. The first kappa shape index (κ1) is 18.2. The third kappa shape index (κ3) is 3.27. The summed E-state index contributed by atoms with van der Waals surface area (Å²) in [6.07, 6.45) is 2.07. The van der Waals surface area contributed by atoms with Crippen molar-refractivity contribution in [3.8, 4) is 18.0 Å². The number of ether oxygens (including phenoxy) is 2. The zero-order valence-electron chi connectivity index (χ0n) is 15.2. The topological polar surface area (TPSA) is 117 Å². The molecule has 0 spiro atoms. The minimum atomic E-state index is -0.450. The van der Waals surface area contributed by atoms with E-state index in [-0.39, 0.29) is 29.7 Å². The molecule has 0 saturated carbocycles. The van der Waals surface area contributed by atoms with Crippen LogP contribution in [0, 0.1) is 11.3 Å². The molecule has 3 heterocycles. The molecule has 3 aromatic rings. The van der Waals surface area contributed by atoms with Gasteiger partial charge in [0.2, 0.25) is 5.88 Å². The van der Waals surface area contributed by atoms with Crippen molar-refractivity contribution in [2.75, 3.05) is 13.2 Å². The summed E-state index contributed by atoms with van der Waals surface area (Å²) in [5.74, 6) is 0.279. The minimum absolute atomic E-state index is 0.235. The second kappa shape index (κ2) is 7.33. The Morgan fingerprint density at radius 2 is 1.85 bits per heavy atom. The Labute approximate surface area is 153 Å². The number of imidazole rings is 1. The maximum absolute atomic E-state index is 12.3. The second-order valence-electron chi connectivity index (χ2n) is 5.85. The maximum atomic E-state index is 12.3. The zero-order valence-corrected chi connectivity index (χ0v) is 15.2. The molecule has 0 aliphatic carbocycles. The van der Waals surface area contributed by atoms with Crippen molar-refractivity contribution in [3.63, 3.8) is 0 Å². The lowest BCUT2D eigenvalue weighted by molar-refractivity contribution is 0.228. The molecule has 0 radical (unpaired) electrons. The molecular formula is C17H18N6O4. The van der Waals surface area contributed by atoms with E-state index in [1.54, 1.807) is 32.4 Å². The minimum Gasteiger partial charge on any atom is -0.477 e. The molecule has 0 saturated heterocycles. The molecule has 0 bridgehead atoms. The summed E-state index contributed by atoms with van der Waals surface area (Å²) < 4.78 is 15.0. The van der Waals surface area contributed by atoms with Crippen LogP contribution in [0.3, 0.4) is 0 Å². The number of rotatable bonds is 6.